The third-order valence-electron chi connectivity index (χ3n) is 0.134. The Hall–Kier alpha value is 0.290. The lowest BCUT2D eigenvalue weighted by atomic mass is 11.0. The highest BCUT2D eigenvalue weighted by molar-refractivity contribution is 9.12. The van der Waals surface area contributed by atoms with Crippen molar-refractivity contribution in [3.63, 3.8) is 0 Å². The number of hydrogen-bond donors (Lipinski definition) is 0. The molecule has 0 spiro atoms. The van der Waals surface area contributed by atoms with Gasteiger partial charge in [-0.05, 0) is 15.9 Å². The molecule has 0 saturated carbocycles. The second-order valence-electron chi connectivity index (χ2n) is 0.437. The zero-order valence-electron chi connectivity index (χ0n) is 2.46. The minimum Gasteiger partial charge on any atom is -0.101 e. The highest BCUT2D eigenvalue weighted by Crippen LogP contribution is 2.04. The van der Waals surface area contributed by atoms with Crippen molar-refractivity contribution in [3.8, 4) is 0 Å². The molecule has 0 aliphatic carbocycles. The van der Waals surface area contributed by atoms with Gasteiger partial charge in [0.25, 0.3) is 0 Å². The smallest absolute Gasteiger partial charge is 0.101 e. The van der Waals surface area contributed by atoms with Crippen LogP contribution in [0.4, 0.5) is 0 Å². The van der Waals surface area contributed by atoms with Crippen LogP contribution in [0, 0.1) is 0 Å². The summed E-state index contributed by atoms with van der Waals surface area (Å²) < 4.78 is 0.428. The van der Waals surface area contributed by atoms with Crippen LogP contribution in [0.2, 0.25) is 0 Å². The summed E-state index contributed by atoms with van der Waals surface area (Å²) in [6, 6.07) is 0. The van der Waals surface area contributed by atoms with Gasteiger partial charge in [-0.1, -0.05) is 18.2 Å². The molecule has 0 amide bonds. The second-order valence-corrected chi connectivity index (χ2v) is 2.06. The summed E-state index contributed by atoms with van der Waals surface area (Å²) in [7, 11) is 0. The molecule has 0 aromatic heterocycles. The topological polar surface area (TPSA) is 0 Å². The zero-order valence-corrected chi connectivity index (χ0v) is 4.80. The van der Waals surface area contributed by atoms with E-state index in [4.69, 9.17) is 11.6 Å². The van der Waals surface area contributed by atoms with Crippen LogP contribution < -0.4 is 0 Å². The van der Waals surface area contributed by atoms with Crippen LogP contribution in [-0.2, 0) is 0 Å². The minimum absolute atomic E-state index is 0.428. The molecule has 0 fully saturated rings. The van der Waals surface area contributed by atoms with Gasteiger partial charge in [0.05, 0.1) is 0 Å². The molecule has 0 radical (unpaired) electrons. The van der Waals surface area contributed by atoms with Crippen LogP contribution in [0.25, 0.3) is 0 Å². The summed E-state index contributed by atoms with van der Waals surface area (Å²) in [4.78, 5) is 0. The maximum atomic E-state index is 5.12. The molecule has 0 atom stereocenters. The Morgan fingerprint density at radius 3 is 2.20 bits per heavy atom. The van der Waals surface area contributed by atoms with E-state index in [9.17, 15) is 0 Å². The van der Waals surface area contributed by atoms with Gasteiger partial charge in [-0.15, -0.1) is 5.73 Å². The van der Waals surface area contributed by atoms with Crippen LogP contribution in [0.1, 0.15) is 0 Å². The van der Waals surface area contributed by atoms with Gasteiger partial charge in [0.1, 0.15) is 3.94 Å². The molecular formula is C3H2BrCl. The Kier molecular flexibility index (Phi) is 2.67. The molecule has 5 heavy (non-hydrogen) atoms. The largest absolute Gasteiger partial charge is 0.125 e. The first-order valence-corrected chi connectivity index (χ1v) is 2.15. The summed E-state index contributed by atoms with van der Waals surface area (Å²) in [5, 5.41) is 0. The molecule has 0 rings (SSSR count). The van der Waals surface area contributed by atoms with Gasteiger partial charge in [0, 0.05) is 0 Å². The summed E-state index contributed by atoms with van der Waals surface area (Å²) >= 11 is 8.00. The second kappa shape index (κ2) is 2.52. The molecule has 28 valence electrons. The van der Waals surface area contributed by atoms with E-state index in [0.717, 1.165) is 0 Å². The average molecular weight is 153 g/mol. The number of hydrogen-bond acceptors (Lipinski definition) is 0. The van der Waals surface area contributed by atoms with E-state index < -0.39 is 0 Å². The van der Waals surface area contributed by atoms with Crippen molar-refractivity contribution in [2.24, 2.45) is 0 Å². The fourth-order valence-electron chi connectivity index (χ4n) is 0. The van der Waals surface area contributed by atoms with Crippen LogP contribution in [0.3, 0.4) is 0 Å². The van der Waals surface area contributed by atoms with E-state index in [-0.39, 0.29) is 0 Å². The van der Waals surface area contributed by atoms with Gasteiger partial charge in [0.15, 0.2) is 0 Å². The number of rotatable bonds is 0. The van der Waals surface area contributed by atoms with Crippen molar-refractivity contribution < 1.29 is 0 Å². The summed E-state index contributed by atoms with van der Waals surface area (Å²) in [5.74, 6) is 0. The first-order chi connectivity index (χ1) is 2.27. The summed E-state index contributed by atoms with van der Waals surface area (Å²) in [5.41, 5.74) is 2.38. The fourth-order valence-corrected chi connectivity index (χ4v) is 0. The Morgan fingerprint density at radius 1 is 2.00 bits per heavy atom. The standard InChI is InChI=1S/C3H2BrCl/c1-2-3(4)5/h1H2. The predicted molar refractivity (Wildman–Crippen MR) is 27.4 cm³/mol. The first kappa shape index (κ1) is 5.29. The normalized spacial score (nSPS) is 6.00. The molecule has 0 aromatic rings. The van der Waals surface area contributed by atoms with Crippen LogP contribution in [-0.4, -0.2) is 0 Å². The van der Waals surface area contributed by atoms with E-state index in [2.05, 4.69) is 28.2 Å². The molecule has 0 N–H and O–H groups in total. The van der Waals surface area contributed by atoms with Gasteiger partial charge >= 0.3 is 0 Å². The maximum Gasteiger partial charge on any atom is 0.125 e. The quantitative estimate of drug-likeness (QED) is 0.468. The fraction of sp³-hybridized carbons (Fsp3) is 0. The molecule has 0 heterocycles. The predicted octanol–water partition coefficient (Wildman–Crippen LogP) is 2.25. The summed E-state index contributed by atoms with van der Waals surface area (Å²) in [6.45, 7) is 3.22. The van der Waals surface area contributed by atoms with E-state index in [1.54, 1.807) is 0 Å². The molecule has 0 nitrogen and oxygen atoms in total. The average Bonchev–Trinajstić information content (AvgIpc) is 1.38. The van der Waals surface area contributed by atoms with Crippen LogP contribution >= 0.6 is 27.5 Å². The van der Waals surface area contributed by atoms with Crippen molar-refractivity contribution in [2.45, 2.75) is 0 Å². The van der Waals surface area contributed by atoms with E-state index >= 15 is 0 Å². The minimum atomic E-state index is 0.428. The monoisotopic (exact) mass is 152 g/mol. The van der Waals surface area contributed by atoms with Crippen molar-refractivity contribution in [3.05, 3.63) is 16.3 Å². The van der Waals surface area contributed by atoms with Gasteiger partial charge in [-0.3, -0.25) is 0 Å². The molecule has 2 heteroatoms. The molecule has 0 unspecified atom stereocenters. The Labute approximate surface area is 44.3 Å². The molecule has 0 aliphatic rings. The highest BCUT2D eigenvalue weighted by Gasteiger charge is 1.65. The SMILES string of the molecule is C=C=C(Cl)Br. The number of halogens is 2. The van der Waals surface area contributed by atoms with E-state index in [1.165, 1.54) is 0 Å². The van der Waals surface area contributed by atoms with Crippen molar-refractivity contribution in [2.75, 3.05) is 0 Å². The molecule has 0 saturated heterocycles. The van der Waals surface area contributed by atoms with Crippen LogP contribution in [0.5, 0.6) is 0 Å². The summed E-state index contributed by atoms with van der Waals surface area (Å²) in [6.07, 6.45) is 0. The molecule has 0 aliphatic heterocycles. The van der Waals surface area contributed by atoms with Crippen molar-refractivity contribution in [1.82, 2.24) is 0 Å². The molecular weight excluding hydrogens is 151 g/mol. The molecule has 0 bridgehead atoms. The Balaban J connectivity index is 3.60. The lowest BCUT2D eigenvalue weighted by molar-refractivity contribution is 2.37. The maximum absolute atomic E-state index is 5.12. The van der Waals surface area contributed by atoms with Gasteiger partial charge < -0.3 is 0 Å². The molecule has 0 aromatic carbocycles. The van der Waals surface area contributed by atoms with E-state index in [1.807, 2.05) is 0 Å². The van der Waals surface area contributed by atoms with Crippen molar-refractivity contribution >= 4 is 27.5 Å². The van der Waals surface area contributed by atoms with Gasteiger partial charge in [0.2, 0.25) is 0 Å². The zero-order chi connectivity index (χ0) is 4.28. The third kappa shape index (κ3) is 4.29. The first-order valence-electron chi connectivity index (χ1n) is 0.982. The van der Waals surface area contributed by atoms with Gasteiger partial charge in [-0.25, -0.2) is 0 Å². The Morgan fingerprint density at radius 2 is 2.20 bits per heavy atom. The third-order valence-corrected chi connectivity index (χ3v) is 0.548. The van der Waals surface area contributed by atoms with Crippen molar-refractivity contribution in [1.29, 1.82) is 0 Å². The lowest BCUT2D eigenvalue weighted by Crippen LogP contribution is -1.28. The highest BCUT2D eigenvalue weighted by atomic mass is 79.9. The Bertz CT molecular complexity index is 67.0. The van der Waals surface area contributed by atoms with Gasteiger partial charge in [-0.2, -0.15) is 0 Å². The van der Waals surface area contributed by atoms with Crippen LogP contribution in [0.15, 0.2) is 16.3 Å². The lowest BCUT2D eigenvalue weighted by Gasteiger charge is -1.59. The van der Waals surface area contributed by atoms with E-state index in [0.29, 0.717) is 3.94 Å².